The fourth-order valence-electron chi connectivity index (χ4n) is 3.83. The lowest BCUT2D eigenvalue weighted by atomic mass is 9.80. The van der Waals surface area contributed by atoms with E-state index in [2.05, 4.69) is 24.8 Å². The number of rotatable bonds is 7. The average Bonchev–Trinajstić information content (AvgIpc) is 2.61. The molecule has 0 heterocycles. The molecule has 0 aliphatic heterocycles. The van der Waals surface area contributed by atoms with Gasteiger partial charge in [0.25, 0.3) is 6.08 Å². The van der Waals surface area contributed by atoms with Crippen molar-refractivity contribution in [3.8, 4) is 0 Å². The molecular weight excluding hydrogens is 322 g/mol. The van der Waals surface area contributed by atoms with E-state index in [9.17, 15) is 13.6 Å². The summed E-state index contributed by atoms with van der Waals surface area (Å²) in [6, 6.07) is 0. The van der Waals surface area contributed by atoms with E-state index in [-0.39, 0.29) is 24.9 Å². The van der Waals surface area contributed by atoms with Crippen LogP contribution >= 0.6 is 0 Å². The van der Waals surface area contributed by atoms with Gasteiger partial charge in [0.15, 0.2) is 0 Å². The lowest BCUT2D eigenvalue weighted by molar-refractivity contribution is -0.150. The maximum absolute atomic E-state index is 11.9. The SMILES string of the molecule is C=CC1CCC(/C=C/C2CCC(OC(=O)CCC=C(F)F)CC2)CC1. The summed E-state index contributed by atoms with van der Waals surface area (Å²) >= 11 is 0. The van der Waals surface area contributed by atoms with E-state index in [1.165, 1.54) is 25.7 Å². The molecule has 0 aromatic heterocycles. The van der Waals surface area contributed by atoms with Crippen molar-refractivity contribution in [1.29, 1.82) is 0 Å². The smallest absolute Gasteiger partial charge is 0.306 e. The van der Waals surface area contributed by atoms with E-state index in [1.807, 2.05) is 0 Å². The normalized spacial score (nSPS) is 30.0. The van der Waals surface area contributed by atoms with Crippen molar-refractivity contribution in [2.24, 2.45) is 17.8 Å². The number of ether oxygens (including phenoxy) is 1. The summed E-state index contributed by atoms with van der Waals surface area (Å²) in [5, 5.41) is 0. The Hall–Kier alpha value is -1.45. The second-order valence-corrected chi connectivity index (χ2v) is 7.35. The first-order valence-corrected chi connectivity index (χ1v) is 9.58. The number of hydrogen-bond acceptors (Lipinski definition) is 2. The van der Waals surface area contributed by atoms with Crippen LogP contribution in [0.3, 0.4) is 0 Å². The van der Waals surface area contributed by atoms with Gasteiger partial charge in [-0.05, 0) is 81.6 Å². The molecule has 0 aromatic carbocycles. The van der Waals surface area contributed by atoms with E-state index in [0.717, 1.165) is 31.8 Å². The Morgan fingerprint density at radius 2 is 1.44 bits per heavy atom. The van der Waals surface area contributed by atoms with Gasteiger partial charge in [0, 0.05) is 6.42 Å². The summed E-state index contributed by atoms with van der Waals surface area (Å²) in [5.74, 6) is 1.62. The molecule has 0 N–H and O–H groups in total. The molecule has 2 rings (SSSR count). The van der Waals surface area contributed by atoms with Gasteiger partial charge in [0.1, 0.15) is 6.10 Å². The number of esters is 1. The van der Waals surface area contributed by atoms with Crippen molar-refractivity contribution in [3.05, 3.63) is 37.0 Å². The quantitative estimate of drug-likeness (QED) is 0.403. The van der Waals surface area contributed by atoms with Crippen molar-refractivity contribution in [2.45, 2.75) is 70.3 Å². The number of allylic oxidation sites excluding steroid dienone is 4. The summed E-state index contributed by atoms with van der Waals surface area (Å²) in [7, 11) is 0. The van der Waals surface area contributed by atoms with Crippen LogP contribution in [0.4, 0.5) is 8.78 Å². The summed E-state index contributed by atoms with van der Waals surface area (Å²) in [6.07, 6.45) is 14.8. The third-order valence-corrected chi connectivity index (χ3v) is 5.47. The summed E-state index contributed by atoms with van der Waals surface area (Å²) in [6.45, 7) is 3.89. The van der Waals surface area contributed by atoms with E-state index >= 15 is 0 Å². The Morgan fingerprint density at radius 1 is 0.920 bits per heavy atom. The zero-order chi connectivity index (χ0) is 18.1. The Bertz CT molecular complexity index is 478. The molecule has 0 aromatic rings. The summed E-state index contributed by atoms with van der Waals surface area (Å²) in [5.41, 5.74) is 0. The van der Waals surface area contributed by atoms with Gasteiger partial charge in [0.05, 0.1) is 0 Å². The lowest BCUT2D eigenvalue weighted by Crippen LogP contribution is -2.24. The van der Waals surface area contributed by atoms with Gasteiger partial charge in [-0.25, -0.2) is 0 Å². The van der Waals surface area contributed by atoms with E-state index in [4.69, 9.17) is 4.74 Å². The monoisotopic (exact) mass is 352 g/mol. The molecule has 0 atom stereocenters. The van der Waals surface area contributed by atoms with Crippen molar-refractivity contribution < 1.29 is 18.3 Å². The molecule has 140 valence electrons. The van der Waals surface area contributed by atoms with Crippen LogP contribution < -0.4 is 0 Å². The maximum atomic E-state index is 11.9. The third kappa shape index (κ3) is 7.54. The molecule has 0 radical (unpaired) electrons. The molecule has 4 heteroatoms. The highest BCUT2D eigenvalue weighted by Crippen LogP contribution is 2.32. The standard InChI is InChI=1S/C21H30F2O2/c1-2-16-6-8-17(9-7-16)10-11-18-12-14-19(15-13-18)25-21(24)5-3-4-20(22)23/h2,4,10-11,16-19H,1,3,5-9,12-15H2/b11-10+. The lowest BCUT2D eigenvalue weighted by Gasteiger charge is -2.28. The third-order valence-electron chi connectivity index (χ3n) is 5.47. The predicted molar refractivity (Wildman–Crippen MR) is 96.2 cm³/mol. The minimum atomic E-state index is -1.74. The van der Waals surface area contributed by atoms with Crippen LogP contribution in [0.25, 0.3) is 0 Å². The van der Waals surface area contributed by atoms with E-state index in [0.29, 0.717) is 17.8 Å². The van der Waals surface area contributed by atoms with Crippen molar-refractivity contribution >= 4 is 5.97 Å². The molecule has 2 aliphatic rings. The Balaban J connectivity index is 1.62. The van der Waals surface area contributed by atoms with Crippen LogP contribution in [-0.4, -0.2) is 12.1 Å². The fourth-order valence-corrected chi connectivity index (χ4v) is 3.83. The van der Waals surface area contributed by atoms with Crippen LogP contribution in [0.2, 0.25) is 0 Å². The molecule has 25 heavy (non-hydrogen) atoms. The first-order valence-electron chi connectivity index (χ1n) is 9.58. The average molecular weight is 352 g/mol. The van der Waals surface area contributed by atoms with Crippen molar-refractivity contribution in [2.75, 3.05) is 0 Å². The summed E-state index contributed by atoms with van der Waals surface area (Å²) < 4.78 is 29.3. The zero-order valence-electron chi connectivity index (χ0n) is 15.0. The number of carbonyl (C=O) groups excluding carboxylic acids is 1. The molecule has 0 spiro atoms. The van der Waals surface area contributed by atoms with Crippen LogP contribution in [0.5, 0.6) is 0 Å². The number of hydrogen-bond donors (Lipinski definition) is 0. The zero-order valence-corrected chi connectivity index (χ0v) is 15.0. The van der Waals surface area contributed by atoms with Crippen LogP contribution in [-0.2, 0) is 9.53 Å². The topological polar surface area (TPSA) is 26.3 Å². The van der Waals surface area contributed by atoms with E-state index in [1.54, 1.807) is 0 Å². The van der Waals surface area contributed by atoms with Crippen LogP contribution in [0.15, 0.2) is 37.0 Å². The molecule has 2 fully saturated rings. The van der Waals surface area contributed by atoms with Gasteiger partial charge in [0.2, 0.25) is 0 Å². The molecule has 2 nitrogen and oxygen atoms in total. The number of halogens is 2. The number of carbonyl (C=O) groups is 1. The van der Waals surface area contributed by atoms with Gasteiger partial charge in [-0.2, -0.15) is 8.78 Å². The van der Waals surface area contributed by atoms with Crippen molar-refractivity contribution in [1.82, 2.24) is 0 Å². The van der Waals surface area contributed by atoms with Crippen molar-refractivity contribution in [3.63, 3.8) is 0 Å². The Labute approximate surface area is 150 Å². The Morgan fingerprint density at radius 3 is 1.96 bits per heavy atom. The molecule has 2 aliphatic carbocycles. The molecular formula is C21H30F2O2. The maximum Gasteiger partial charge on any atom is 0.306 e. The van der Waals surface area contributed by atoms with Gasteiger partial charge in [-0.15, -0.1) is 6.58 Å². The van der Waals surface area contributed by atoms with Gasteiger partial charge >= 0.3 is 5.97 Å². The summed E-state index contributed by atoms with van der Waals surface area (Å²) in [4.78, 5) is 11.6. The largest absolute Gasteiger partial charge is 0.462 e. The minimum Gasteiger partial charge on any atom is -0.462 e. The van der Waals surface area contributed by atoms with Crippen LogP contribution in [0, 0.1) is 17.8 Å². The highest BCUT2D eigenvalue weighted by Gasteiger charge is 2.23. The van der Waals surface area contributed by atoms with Gasteiger partial charge in [-0.1, -0.05) is 18.2 Å². The first-order chi connectivity index (χ1) is 12.1. The second-order valence-electron chi connectivity index (χ2n) is 7.35. The fraction of sp³-hybridized carbons (Fsp3) is 0.667. The molecule has 2 saturated carbocycles. The van der Waals surface area contributed by atoms with Gasteiger partial charge in [-0.3, -0.25) is 4.79 Å². The Kier molecular flexibility index (Phi) is 8.36. The second kappa shape index (κ2) is 10.5. The van der Waals surface area contributed by atoms with Gasteiger partial charge < -0.3 is 4.74 Å². The molecule has 0 unspecified atom stereocenters. The minimum absolute atomic E-state index is 0.0323. The molecule has 0 bridgehead atoms. The highest BCUT2D eigenvalue weighted by atomic mass is 19.3. The van der Waals surface area contributed by atoms with Crippen LogP contribution in [0.1, 0.15) is 64.2 Å². The molecule has 0 saturated heterocycles. The van der Waals surface area contributed by atoms with E-state index < -0.39 is 6.08 Å². The highest BCUT2D eigenvalue weighted by molar-refractivity contribution is 5.69. The first kappa shape index (κ1) is 19.9. The molecule has 0 amide bonds. The predicted octanol–water partition coefficient (Wildman–Crippen LogP) is 6.20.